The Morgan fingerprint density at radius 3 is 2.16 bits per heavy atom. The van der Waals surface area contributed by atoms with Crippen molar-refractivity contribution in [1.29, 1.82) is 0 Å². The van der Waals surface area contributed by atoms with E-state index in [0.717, 1.165) is 17.9 Å². The highest BCUT2D eigenvalue weighted by molar-refractivity contribution is 6.04. The van der Waals surface area contributed by atoms with Gasteiger partial charge in [0.1, 0.15) is 5.75 Å². The van der Waals surface area contributed by atoms with Crippen LogP contribution in [0.4, 0.5) is 5.69 Å². The fourth-order valence-electron chi connectivity index (χ4n) is 2.81. The molecule has 0 saturated carbocycles. The van der Waals surface area contributed by atoms with E-state index in [2.05, 4.69) is 24.4 Å². The van der Waals surface area contributed by atoms with Crippen molar-refractivity contribution in [2.75, 3.05) is 12.4 Å². The average Bonchev–Trinajstić information content (AvgIpc) is 2.66. The third kappa shape index (κ3) is 6.61. The second-order valence-corrected chi connectivity index (χ2v) is 6.40. The van der Waals surface area contributed by atoms with Gasteiger partial charge in [-0.05, 0) is 54.8 Å². The molecule has 0 unspecified atom stereocenters. The molecule has 0 bridgehead atoms. The fraction of sp³-hybridized carbons (Fsp3) is 0.409. The smallest absolute Gasteiger partial charge is 0.255 e. The van der Waals surface area contributed by atoms with Crippen molar-refractivity contribution in [3.05, 3.63) is 59.7 Å². The van der Waals surface area contributed by atoms with Crippen molar-refractivity contribution in [2.24, 2.45) is 0 Å². The molecule has 0 aliphatic carbocycles. The summed E-state index contributed by atoms with van der Waals surface area (Å²) in [4.78, 5) is 12.2. The lowest BCUT2D eigenvalue weighted by atomic mass is 10.0. The Morgan fingerprint density at radius 2 is 1.52 bits per heavy atom. The van der Waals surface area contributed by atoms with E-state index in [9.17, 15) is 4.79 Å². The standard InChI is InChI=1S/C22H29NO2/c1-3-4-5-6-7-8-9-18-10-14-20(15-11-18)23-22(24)19-12-16-21(25-2)17-13-19/h10-17H,3-9H2,1-2H3,(H,23,24). The second kappa shape index (κ2) is 10.5. The first-order valence-electron chi connectivity index (χ1n) is 9.27. The van der Waals surface area contributed by atoms with Crippen LogP contribution in [0.15, 0.2) is 48.5 Å². The number of anilines is 1. The lowest BCUT2D eigenvalue weighted by molar-refractivity contribution is 0.102. The Bertz CT molecular complexity index is 632. The first kappa shape index (κ1) is 19.0. The maximum Gasteiger partial charge on any atom is 0.255 e. The summed E-state index contributed by atoms with van der Waals surface area (Å²) in [6.07, 6.45) is 8.99. The van der Waals surface area contributed by atoms with Gasteiger partial charge in [-0.15, -0.1) is 0 Å². The number of carbonyl (C=O) groups is 1. The molecule has 0 aromatic heterocycles. The monoisotopic (exact) mass is 339 g/mol. The van der Waals surface area contributed by atoms with Gasteiger partial charge in [-0.1, -0.05) is 51.2 Å². The summed E-state index contributed by atoms with van der Waals surface area (Å²) in [6.45, 7) is 2.25. The molecule has 2 aromatic carbocycles. The molecule has 0 fully saturated rings. The number of ether oxygens (including phenoxy) is 1. The van der Waals surface area contributed by atoms with Crippen LogP contribution in [0.3, 0.4) is 0 Å². The quantitative estimate of drug-likeness (QED) is 0.551. The number of aryl methyl sites for hydroxylation is 1. The van der Waals surface area contributed by atoms with Crippen LogP contribution in [0.5, 0.6) is 5.75 Å². The molecular weight excluding hydrogens is 310 g/mol. The number of methoxy groups -OCH3 is 1. The van der Waals surface area contributed by atoms with Gasteiger partial charge in [0.2, 0.25) is 0 Å². The van der Waals surface area contributed by atoms with E-state index in [4.69, 9.17) is 4.74 Å². The van der Waals surface area contributed by atoms with E-state index in [0.29, 0.717) is 5.56 Å². The van der Waals surface area contributed by atoms with Crippen LogP contribution in [0.1, 0.15) is 61.4 Å². The molecule has 0 heterocycles. The predicted molar refractivity (Wildman–Crippen MR) is 104 cm³/mol. The third-order valence-corrected chi connectivity index (χ3v) is 4.38. The molecule has 134 valence electrons. The van der Waals surface area contributed by atoms with Crippen LogP contribution in [0, 0.1) is 0 Å². The average molecular weight is 339 g/mol. The number of nitrogens with one attached hydrogen (secondary N) is 1. The predicted octanol–water partition coefficient (Wildman–Crippen LogP) is 5.85. The summed E-state index contributed by atoms with van der Waals surface area (Å²) in [5, 5.41) is 2.93. The molecule has 0 radical (unpaired) electrons. The summed E-state index contributed by atoms with van der Waals surface area (Å²) in [7, 11) is 1.61. The van der Waals surface area contributed by atoms with Crippen molar-refractivity contribution in [3.63, 3.8) is 0 Å². The zero-order chi connectivity index (χ0) is 17.9. The lowest BCUT2D eigenvalue weighted by Crippen LogP contribution is -2.11. The number of rotatable bonds is 10. The van der Waals surface area contributed by atoms with Crippen LogP contribution in [0.25, 0.3) is 0 Å². The molecule has 25 heavy (non-hydrogen) atoms. The van der Waals surface area contributed by atoms with Gasteiger partial charge < -0.3 is 10.1 Å². The molecule has 2 aromatic rings. The van der Waals surface area contributed by atoms with Gasteiger partial charge in [0.05, 0.1) is 7.11 Å². The number of carbonyl (C=O) groups excluding carboxylic acids is 1. The molecule has 0 saturated heterocycles. The molecule has 0 aliphatic rings. The van der Waals surface area contributed by atoms with Crippen LogP contribution >= 0.6 is 0 Å². The van der Waals surface area contributed by atoms with Crippen LogP contribution in [-0.4, -0.2) is 13.0 Å². The van der Waals surface area contributed by atoms with Crippen molar-refractivity contribution < 1.29 is 9.53 Å². The van der Waals surface area contributed by atoms with Gasteiger partial charge in [-0.2, -0.15) is 0 Å². The number of unbranched alkanes of at least 4 members (excludes halogenated alkanes) is 5. The number of benzene rings is 2. The van der Waals surface area contributed by atoms with Gasteiger partial charge in [0.25, 0.3) is 5.91 Å². The highest BCUT2D eigenvalue weighted by Crippen LogP contribution is 2.16. The Morgan fingerprint density at radius 1 is 0.880 bits per heavy atom. The van der Waals surface area contributed by atoms with E-state index in [1.54, 1.807) is 31.4 Å². The van der Waals surface area contributed by atoms with Crippen molar-refractivity contribution >= 4 is 11.6 Å². The summed E-state index contributed by atoms with van der Waals surface area (Å²) < 4.78 is 5.11. The molecule has 0 spiro atoms. The Hall–Kier alpha value is -2.29. The summed E-state index contributed by atoms with van der Waals surface area (Å²) in [5.41, 5.74) is 2.78. The molecule has 3 nitrogen and oxygen atoms in total. The zero-order valence-electron chi connectivity index (χ0n) is 15.4. The molecule has 2 rings (SSSR count). The van der Waals surface area contributed by atoms with Gasteiger partial charge in [-0.3, -0.25) is 4.79 Å². The van der Waals surface area contributed by atoms with Gasteiger partial charge >= 0.3 is 0 Å². The van der Waals surface area contributed by atoms with Crippen molar-refractivity contribution in [1.82, 2.24) is 0 Å². The normalized spacial score (nSPS) is 10.5. The van der Waals surface area contributed by atoms with Gasteiger partial charge in [0, 0.05) is 11.3 Å². The highest BCUT2D eigenvalue weighted by atomic mass is 16.5. The summed E-state index contributed by atoms with van der Waals surface area (Å²) in [5.74, 6) is 0.641. The molecular formula is C22H29NO2. The maximum absolute atomic E-state index is 12.2. The zero-order valence-corrected chi connectivity index (χ0v) is 15.4. The topological polar surface area (TPSA) is 38.3 Å². The van der Waals surface area contributed by atoms with Gasteiger partial charge in [0.15, 0.2) is 0 Å². The minimum Gasteiger partial charge on any atom is -0.497 e. The molecule has 0 aliphatic heterocycles. The maximum atomic E-state index is 12.2. The van der Waals surface area contributed by atoms with E-state index < -0.39 is 0 Å². The van der Waals surface area contributed by atoms with E-state index in [1.165, 1.54) is 44.1 Å². The highest BCUT2D eigenvalue weighted by Gasteiger charge is 2.06. The first-order chi connectivity index (χ1) is 12.2. The fourth-order valence-corrected chi connectivity index (χ4v) is 2.81. The first-order valence-corrected chi connectivity index (χ1v) is 9.27. The van der Waals surface area contributed by atoms with E-state index >= 15 is 0 Å². The second-order valence-electron chi connectivity index (χ2n) is 6.40. The third-order valence-electron chi connectivity index (χ3n) is 4.38. The SMILES string of the molecule is CCCCCCCCc1ccc(NC(=O)c2ccc(OC)cc2)cc1. The molecule has 3 heteroatoms. The lowest BCUT2D eigenvalue weighted by Gasteiger charge is -2.07. The van der Waals surface area contributed by atoms with Crippen molar-refractivity contribution in [2.45, 2.75) is 51.9 Å². The minimum atomic E-state index is -0.105. The molecule has 0 atom stereocenters. The molecule has 1 N–H and O–H groups in total. The Balaban J connectivity index is 1.78. The largest absolute Gasteiger partial charge is 0.497 e. The molecule has 1 amide bonds. The summed E-state index contributed by atoms with van der Waals surface area (Å²) in [6, 6.07) is 15.3. The van der Waals surface area contributed by atoms with Crippen LogP contribution < -0.4 is 10.1 Å². The van der Waals surface area contributed by atoms with E-state index in [1.807, 2.05) is 12.1 Å². The van der Waals surface area contributed by atoms with Crippen LogP contribution in [0.2, 0.25) is 0 Å². The number of amides is 1. The minimum absolute atomic E-state index is 0.105. The van der Waals surface area contributed by atoms with Gasteiger partial charge in [-0.25, -0.2) is 0 Å². The van der Waals surface area contributed by atoms with Crippen molar-refractivity contribution in [3.8, 4) is 5.75 Å². The number of hydrogen-bond donors (Lipinski definition) is 1. The summed E-state index contributed by atoms with van der Waals surface area (Å²) >= 11 is 0. The Labute approximate surface area is 151 Å². The number of hydrogen-bond acceptors (Lipinski definition) is 2. The Kier molecular flexibility index (Phi) is 8.03. The van der Waals surface area contributed by atoms with Crippen LogP contribution in [-0.2, 0) is 6.42 Å². The van der Waals surface area contributed by atoms with E-state index in [-0.39, 0.29) is 5.91 Å².